The number of carboxylic acid groups (broad SMARTS) is 1. The van der Waals surface area contributed by atoms with Crippen molar-refractivity contribution in [2.75, 3.05) is 0 Å². The molecule has 0 fully saturated rings. The predicted octanol–water partition coefficient (Wildman–Crippen LogP) is 1.16. The van der Waals surface area contributed by atoms with Gasteiger partial charge in [0, 0.05) is 6.92 Å². The molecule has 2 rings (SSSR count). The summed E-state index contributed by atoms with van der Waals surface area (Å²) in [6, 6.07) is 5.51. The Morgan fingerprint density at radius 3 is 2.77 bits per heavy atom. The van der Waals surface area contributed by atoms with Gasteiger partial charge in [0.25, 0.3) is 5.91 Å². The van der Waals surface area contributed by atoms with Crippen molar-refractivity contribution in [1.82, 2.24) is 15.5 Å². The molecule has 0 bridgehead atoms. The Labute approximate surface area is 126 Å². The number of ether oxygens (including phenoxy) is 1. The number of amides is 1. The standard InChI is InChI=1S/C14H15N3O5/c1-8(14(19)20)15-13(18)10-5-3-4-6-11(10)21-7-12-16-9(2)22-17-12/h3-6,8H,7H2,1-2H3,(H,15,18)(H,19,20)/t8-/m0/s1. The first kappa shape index (κ1) is 15.5. The molecule has 0 unspecified atom stereocenters. The van der Waals surface area contributed by atoms with E-state index in [0.717, 1.165) is 0 Å². The Morgan fingerprint density at radius 2 is 2.14 bits per heavy atom. The van der Waals surface area contributed by atoms with Crippen LogP contribution in [0.4, 0.5) is 0 Å². The van der Waals surface area contributed by atoms with Gasteiger partial charge in [0.15, 0.2) is 6.61 Å². The van der Waals surface area contributed by atoms with E-state index in [0.29, 0.717) is 17.5 Å². The lowest BCUT2D eigenvalue weighted by Gasteiger charge is -2.12. The number of aliphatic carboxylic acids is 1. The number of para-hydroxylation sites is 1. The fourth-order valence-electron chi connectivity index (χ4n) is 1.66. The van der Waals surface area contributed by atoms with E-state index in [1.807, 2.05) is 0 Å². The summed E-state index contributed by atoms with van der Waals surface area (Å²) in [4.78, 5) is 26.9. The molecule has 0 aliphatic carbocycles. The monoisotopic (exact) mass is 305 g/mol. The number of carbonyl (C=O) groups excluding carboxylic acids is 1. The molecule has 116 valence electrons. The lowest BCUT2D eigenvalue weighted by molar-refractivity contribution is -0.138. The van der Waals surface area contributed by atoms with Gasteiger partial charge in [-0.2, -0.15) is 4.98 Å². The Kier molecular flexibility index (Phi) is 4.72. The van der Waals surface area contributed by atoms with Crippen LogP contribution in [0.15, 0.2) is 28.8 Å². The summed E-state index contributed by atoms with van der Waals surface area (Å²) >= 11 is 0. The van der Waals surface area contributed by atoms with Crippen LogP contribution < -0.4 is 10.1 Å². The van der Waals surface area contributed by atoms with Crippen molar-refractivity contribution >= 4 is 11.9 Å². The minimum atomic E-state index is -1.12. The molecule has 0 spiro atoms. The Morgan fingerprint density at radius 1 is 1.41 bits per heavy atom. The molecule has 0 aliphatic rings. The quantitative estimate of drug-likeness (QED) is 0.822. The van der Waals surface area contributed by atoms with Crippen LogP contribution in [0.25, 0.3) is 0 Å². The van der Waals surface area contributed by atoms with Crippen molar-refractivity contribution in [3.05, 3.63) is 41.5 Å². The van der Waals surface area contributed by atoms with Crippen molar-refractivity contribution in [3.8, 4) is 5.75 Å². The summed E-state index contributed by atoms with van der Waals surface area (Å²) < 4.78 is 10.3. The molecule has 1 aromatic carbocycles. The summed E-state index contributed by atoms with van der Waals surface area (Å²) in [5.41, 5.74) is 0.232. The van der Waals surface area contributed by atoms with E-state index in [2.05, 4.69) is 15.5 Å². The highest BCUT2D eigenvalue weighted by Gasteiger charge is 2.18. The fourth-order valence-corrected chi connectivity index (χ4v) is 1.66. The minimum absolute atomic E-state index is 0.0378. The van der Waals surface area contributed by atoms with Crippen molar-refractivity contribution < 1.29 is 24.0 Å². The van der Waals surface area contributed by atoms with Gasteiger partial charge in [0.05, 0.1) is 5.56 Å². The fraction of sp³-hybridized carbons (Fsp3) is 0.286. The first-order valence-electron chi connectivity index (χ1n) is 6.52. The van der Waals surface area contributed by atoms with Crippen molar-refractivity contribution in [2.24, 2.45) is 0 Å². The van der Waals surface area contributed by atoms with Gasteiger partial charge in [-0.15, -0.1) is 0 Å². The molecular formula is C14H15N3O5. The molecule has 0 saturated carbocycles. The van der Waals surface area contributed by atoms with Crippen LogP contribution in [0.3, 0.4) is 0 Å². The molecule has 0 radical (unpaired) electrons. The zero-order chi connectivity index (χ0) is 16.1. The molecule has 1 atom stereocenters. The normalized spacial score (nSPS) is 11.7. The van der Waals surface area contributed by atoms with Crippen LogP contribution in [0, 0.1) is 6.92 Å². The average molecular weight is 305 g/mol. The number of aromatic nitrogens is 2. The zero-order valence-electron chi connectivity index (χ0n) is 12.1. The molecule has 8 heteroatoms. The van der Waals surface area contributed by atoms with Crippen molar-refractivity contribution in [3.63, 3.8) is 0 Å². The number of rotatable bonds is 6. The first-order chi connectivity index (χ1) is 10.5. The second-order valence-corrected chi connectivity index (χ2v) is 4.55. The van der Waals surface area contributed by atoms with E-state index in [1.165, 1.54) is 6.92 Å². The maximum Gasteiger partial charge on any atom is 0.325 e. The van der Waals surface area contributed by atoms with Crippen LogP contribution in [0.1, 0.15) is 29.0 Å². The molecule has 1 heterocycles. The first-order valence-corrected chi connectivity index (χ1v) is 6.52. The number of nitrogens with one attached hydrogen (secondary N) is 1. The van der Waals surface area contributed by atoms with Gasteiger partial charge in [0.1, 0.15) is 11.8 Å². The van der Waals surface area contributed by atoms with Crippen molar-refractivity contribution in [2.45, 2.75) is 26.5 Å². The van der Waals surface area contributed by atoms with E-state index < -0.39 is 17.9 Å². The molecule has 22 heavy (non-hydrogen) atoms. The van der Waals surface area contributed by atoms with Crippen LogP contribution in [-0.2, 0) is 11.4 Å². The molecule has 2 aromatic rings. The van der Waals surface area contributed by atoms with Crippen LogP contribution in [0.5, 0.6) is 5.75 Å². The molecule has 1 amide bonds. The Balaban J connectivity index is 2.09. The van der Waals surface area contributed by atoms with E-state index in [9.17, 15) is 9.59 Å². The number of nitrogens with zero attached hydrogens (tertiary/aromatic N) is 2. The molecular weight excluding hydrogens is 290 g/mol. The highest BCUT2D eigenvalue weighted by atomic mass is 16.5. The van der Waals surface area contributed by atoms with Crippen molar-refractivity contribution in [1.29, 1.82) is 0 Å². The second-order valence-electron chi connectivity index (χ2n) is 4.55. The van der Waals surface area contributed by atoms with E-state index in [-0.39, 0.29) is 12.2 Å². The predicted molar refractivity (Wildman–Crippen MR) is 74.4 cm³/mol. The molecule has 0 saturated heterocycles. The van der Waals surface area contributed by atoms with E-state index in [1.54, 1.807) is 31.2 Å². The highest BCUT2D eigenvalue weighted by Crippen LogP contribution is 2.19. The lowest BCUT2D eigenvalue weighted by Crippen LogP contribution is -2.38. The summed E-state index contributed by atoms with van der Waals surface area (Å²) in [5.74, 6) is -0.574. The minimum Gasteiger partial charge on any atom is -0.485 e. The van der Waals surface area contributed by atoms with Gasteiger partial charge in [0.2, 0.25) is 11.7 Å². The lowest BCUT2D eigenvalue weighted by atomic mass is 10.1. The molecule has 1 aromatic heterocycles. The van der Waals surface area contributed by atoms with E-state index >= 15 is 0 Å². The third kappa shape index (κ3) is 3.81. The van der Waals surface area contributed by atoms with Crippen LogP contribution >= 0.6 is 0 Å². The van der Waals surface area contributed by atoms with Gasteiger partial charge < -0.3 is 19.7 Å². The van der Waals surface area contributed by atoms with E-state index in [4.69, 9.17) is 14.4 Å². The van der Waals surface area contributed by atoms with Gasteiger partial charge in [-0.3, -0.25) is 9.59 Å². The smallest absolute Gasteiger partial charge is 0.325 e. The SMILES string of the molecule is Cc1nc(COc2ccccc2C(=O)N[C@@H](C)C(=O)O)no1. The number of carbonyl (C=O) groups is 2. The number of carboxylic acids is 1. The average Bonchev–Trinajstić information content (AvgIpc) is 2.90. The highest BCUT2D eigenvalue weighted by molar-refractivity contribution is 5.98. The zero-order valence-corrected chi connectivity index (χ0v) is 12.1. The second kappa shape index (κ2) is 6.70. The number of hydrogen-bond acceptors (Lipinski definition) is 6. The van der Waals surface area contributed by atoms with Crippen LogP contribution in [-0.4, -0.2) is 33.2 Å². The Hall–Kier alpha value is -2.90. The maximum absolute atomic E-state index is 12.1. The Bertz CT molecular complexity index is 683. The maximum atomic E-state index is 12.1. The van der Waals surface area contributed by atoms with Gasteiger partial charge in [-0.25, -0.2) is 0 Å². The molecule has 2 N–H and O–H groups in total. The van der Waals surface area contributed by atoms with Gasteiger partial charge in [-0.1, -0.05) is 17.3 Å². The summed E-state index contributed by atoms with van der Waals surface area (Å²) in [6.07, 6.45) is 0. The summed E-state index contributed by atoms with van der Waals surface area (Å²) in [7, 11) is 0. The topological polar surface area (TPSA) is 115 Å². The molecule has 8 nitrogen and oxygen atoms in total. The summed E-state index contributed by atoms with van der Waals surface area (Å²) in [6.45, 7) is 3.08. The third-order valence-electron chi connectivity index (χ3n) is 2.78. The van der Waals surface area contributed by atoms with Gasteiger partial charge >= 0.3 is 5.97 Å². The van der Waals surface area contributed by atoms with Crippen LogP contribution in [0.2, 0.25) is 0 Å². The number of hydrogen-bond donors (Lipinski definition) is 2. The molecule has 0 aliphatic heterocycles. The third-order valence-corrected chi connectivity index (χ3v) is 2.78. The summed E-state index contributed by atoms with van der Waals surface area (Å²) in [5, 5.41) is 14.9. The van der Waals surface area contributed by atoms with Gasteiger partial charge in [-0.05, 0) is 19.1 Å². The number of benzene rings is 1. The number of aryl methyl sites for hydroxylation is 1. The largest absolute Gasteiger partial charge is 0.485 e.